The Labute approximate surface area is 161 Å². The van der Waals surface area contributed by atoms with Gasteiger partial charge in [0.15, 0.2) is 0 Å². The number of nitrogens with zero attached hydrogens (tertiary/aromatic N) is 2. The Morgan fingerprint density at radius 2 is 1.82 bits per heavy atom. The van der Waals surface area contributed by atoms with Crippen LogP contribution in [0, 0.1) is 11.3 Å². The first kappa shape index (κ1) is 20.5. The van der Waals surface area contributed by atoms with Gasteiger partial charge in [-0.15, -0.1) is 0 Å². The third kappa shape index (κ3) is 3.81. The Balaban J connectivity index is 1.89. The molecule has 0 aromatic heterocycles. The van der Waals surface area contributed by atoms with Gasteiger partial charge in [0.05, 0.1) is 22.8 Å². The van der Waals surface area contributed by atoms with E-state index in [1.165, 1.54) is 6.07 Å². The van der Waals surface area contributed by atoms with Gasteiger partial charge in [0, 0.05) is 24.9 Å². The van der Waals surface area contributed by atoms with Crippen molar-refractivity contribution >= 4 is 6.09 Å². The summed E-state index contributed by atoms with van der Waals surface area (Å²) in [6.45, 7) is 5.30. The lowest BCUT2D eigenvalue weighted by molar-refractivity contribution is -0.138. The second-order valence-electron chi connectivity index (χ2n) is 8.58. The molecule has 2 aliphatic heterocycles. The Hall–Kier alpha value is -2.27. The van der Waals surface area contributed by atoms with E-state index in [2.05, 4.69) is 0 Å². The van der Waals surface area contributed by atoms with Crippen molar-refractivity contribution in [3.05, 3.63) is 34.9 Å². The van der Waals surface area contributed by atoms with Crippen molar-refractivity contribution < 1.29 is 27.8 Å². The Morgan fingerprint density at radius 1 is 1.25 bits per heavy atom. The van der Waals surface area contributed by atoms with E-state index >= 15 is 0 Å². The van der Waals surface area contributed by atoms with E-state index in [1.54, 1.807) is 31.7 Å². The van der Waals surface area contributed by atoms with Crippen LogP contribution in [0.5, 0.6) is 0 Å². The van der Waals surface area contributed by atoms with Gasteiger partial charge in [-0.1, -0.05) is 6.07 Å². The van der Waals surface area contributed by atoms with Crippen molar-refractivity contribution in [1.29, 1.82) is 5.26 Å². The molecule has 2 saturated heterocycles. The molecule has 0 spiro atoms. The number of ether oxygens (including phenoxy) is 1. The van der Waals surface area contributed by atoms with Gasteiger partial charge in [-0.25, -0.2) is 4.79 Å². The number of carbonyl (C=O) groups excluding carboxylic acids is 1. The molecule has 8 heteroatoms. The maximum absolute atomic E-state index is 13.3. The zero-order chi connectivity index (χ0) is 20.9. The second kappa shape index (κ2) is 6.66. The number of nitriles is 1. The molecule has 2 bridgehead atoms. The van der Waals surface area contributed by atoms with E-state index in [0.717, 1.165) is 12.1 Å². The van der Waals surface area contributed by atoms with E-state index in [-0.39, 0.29) is 30.5 Å². The molecule has 0 radical (unpaired) electrons. The minimum atomic E-state index is -4.69. The minimum Gasteiger partial charge on any atom is -0.444 e. The van der Waals surface area contributed by atoms with Crippen molar-refractivity contribution in [2.45, 2.75) is 75.9 Å². The van der Waals surface area contributed by atoms with Gasteiger partial charge < -0.3 is 14.7 Å². The number of piperidine rings is 1. The van der Waals surface area contributed by atoms with Crippen LogP contribution in [0.3, 0.4) is 0 Å². The van der Waals surface area contributed by atoms with Gasteiger partial charge in [0.25, 0.3) is 0 Å². The van der Waals surface area contributed by atoms with Gasteiger partial charge in [-0.2, -0.15) is 18.4 Å². The molecule has 1 N–H and O–H groups in total. The van der Waals surface area contributed by atoms with E-state index in [4.69, 9.17) is 10.00 Å². The predicted molar refractivity (Wildman–Crippen MR) is 94.2 cm³/mol. The normalized spacial score (nSPS) is 27.4. The van der Waals surface area contributed by atoms with Crippen LogP contribution in [-0.2, 0) is 16.5 Å². The summed E-state index contributed by atoms with van der Waals surface area (Å²) >= 11 is 0. The van der Waals surface area contributed by atoms with Gasteiger partial charge in [-0.3, -0.25) is 0 Å². The molecule has 1 amide bonds. The number of hydrogen-bond donors (Lipinski definition) is 1. The van der Waals surface area contributed by atoms with Crippen molar-refractivity contribution in [3.8, 4) is 6.07 Å². The Bertz CT molecular complexity index is 809. The first-order chi connectivity index (χ1) is 12.8. The number of hydrogen-bond acceptors (Lipinski definition) is 4. The molecule has 2 heterocycles. The molecule has 0 saturated carbocycles. The Morgan fingerprint density at radius 3 is 2.29 bits per heavy atom. The summed E-state index contributed by atoms with van der Waals surface area (Å²) < 4.78 is 45.3. The van der Waals surface area contributed by atoms with Crippen LogP contribution in [-0.4, -0.2) is 33.8 Å². The van der Waals surface area contributed by atoms with Crippen LogP contribution in [0.25, 0.3) is 0 Å². The fourth-order valence-electron chi connectivity index (χ4n) is 4.24. The summed E-state index contributed by atoms with van der Waals surface area (Å²) in [7, 11) is 0. The topological polar surface area (TPSA) is 73.6 Å². The maximum Gasteiger partial charge on any atom is 0.417 e. The second-order valence-corrected chi connectivity index (χ2v) is 8.58. The highest BCUT2D eigenvalue weighted by Gasteiger charge is 2.51. The van der Waals surface area contributed by atoms with Crippen LogP contribution < -0.4 is 0 Å². The molecule has 2 unspecified atom stereocenters. The first-order valence-corrected chi connectivity index (χ1v) is 9.19. The van der Waals surface area contributed by atoms with Crippen LogP contribution in [0.1, 0.15) is 63.1 Å². The average molecular weight is 396 g/mol. The third-order valence-corrected chi connectivity index (χ3v) is 5.35. The van der Waals surface area contributed by atoms with E-state index in [0.29, 0.717) is 12.8 Å². The fraction of sp³-hybridized carbons (Fsp3) is 0.600. The summed E-state index contributed by atoms with van der Waals surface area (Å²) in [6, 6.07) is 4.27. The largest absolute Gasteiger partial charge is 0.444 e. The number of benzene rings is 1. The van der Waals surface area contributed by atoms with Crippen LogP contribution in [0.4, 0.5) is 18.0 Å². The zero-order valence-electron chi connectivity index (χ0n) is 16.0. The number of aliphatic hydroxyl groups is 1. The minimum absolute atomic E-state index is 0.125. The molecule has 5 nitrogen and oxygen atoms in total. The molecule has 1 aromatic carbocycles. The lowest BCUT2D eigenvalue weighted by Gasteiger charge is -2.44. The van der Waals surface area contributed by atoms with Crippen LogP contribution in [0.2, 0.25) is 0 Å². The number of amides is 1. The third-order valence-electron chi connectivity index (χ3n) is 5.35. The van der Waals surface area contributed by atoms with Crippen molar-refractivity contribution in [1.82, 2.24) is 4.90 Å². The fourth-order valence-corrected chi connectivity index (χ4v) is 4.24. The first-order valence-electron chi connectivity index (χ1n) is 9.19. The van der Waals surface area contributed by atoms with Gasteiger partial charge in [0.2, 0.25) is 0 Å². The molecule has 3 rings (SSSR count). The molecular weight excluding hydrogens is 373 g/mol. The summed E-state index contributed by atoms with van der Waals surface area (Å²) in [6.07, 6.45) is -3.56. The molecule has 152 valence electrons. The van der Waals surface area contributed by atoms with Crippen molar-refractivity contribution in [3.63, 3.8) is 0 Å². The van der Waals surface area contributed by atoms with E-state index < -0.39 is 34.6 Å². The van der Waals surface area contributed by atoms with Gasteiger partial charge >= 0.3 is 12.3 Å². The monoisotopic (exact) mass is 396 g/mol. The highest BCUT2D eigenvalue weighted by molar-refractivity contribution is 5.70. The highest BCUT2D eigenvalue weighted by atomic mass is 19.4. The van der Waals surface area contributed by atoms with Crippen molar-refractivity contribution in [2.75, 3.05) is 0 Å². The predicted octanol–water partition coefficient (Wildman–Crippen LogP) is 4.33. The van der Waals surface area contributed by atoms with Crippen LogP contribution >= 0.6 is 0 Å². The smallest absolute Gasteiger partial charge is 0.417 e. The molecule has 2 fully saturated rings. The quantitative estimate of drug-likeness (QED) is 0.767. The lowest BCUT2D eigenvalue weighted by atomic mass is 9.79. The molecule has 28 heavy (non-hydrogen) atoms. The van der Waals surface area contributed by atoms with E-state index in [9.17, 15) is 23.1 Å². The Kier molecular flexibility index (Phi) is 4.87. The number of fused-ring (bicyclic) bond motifs is 2. The molecule has 0 aliphatic carbocycles. The average Bonchev–Trinajstić information content (AvgIpc) is 2.84. The highest BCUT2D eigenvalue weighted by Crippen LogP contribution is 2.47. The van der Waals surface area contributed by atoms with Gasteiger partial charge in [0.1, 0.15) is 5.60 Å². The number of rotatable bonds is 1. The lowest BCUT2D eigenvalue weighted by Crippen LogP contribution is -2.53. The molecule has 2 aliphatic rings. The molecule has 2 atom stereocenters. The number of halogens is 3. The van der Waals surface area contributed by atoms with Crippen LogP contribution in [0.15, 0.2) is 18.2 Å². The standard InChI is InChI=1S/C20H23F3N2O3/c1-18(2,3)28-17(26)25-14-6-7-15(25)10-19(27,9-14)13-5-4-12(11-24)16(8-13)20(21,22)23/h4-5,8,14-15,27H,6-7,9-10H2,1-3H3. The van der Waals surface area contributed by atoms with Crippen molar-refractivity contribution in [2.24, 2.45) is 0 Å². The summed E-state index contributed by atoms with van der Waals surface area (Å²) in [4.78, 5) is 14.1. The molecular formula is C20H23F3N2O3. The molecule has 1 aromatic rings. The zero-order valence-corrected chi connectivity index (χ0v) is 16.0. The number of carbonyl (C=O) groups is 1. The maximum atomic E-state index is 13.3. The number of alkyl halides is 3. The summed E-state index contributed by atoms with van der Waals surface area (Å²) in [5.74, 6) is 0. The SMILES string of the molecule is CC(C)(C)OC(=O)N1C2CCC1CC(O)(c1ccc(C#N)c(C(F)(F)F)c1)C2. The summed E-state index contributed by atoms with van der Waals surface area (Å²) in [5.41, 5.74) is -3.55. The summed E-state index contributed by atoms with van der Waals surface area (Å²) in [5, 5.41) is 20.1. The van der Waals surface area contributed by atoms with E-state index in [1.807, 2.05) is 0 Å². The van der Waals surface area contributed by atoms with Gasteiger partial charge in [-0.05, 0) is 51.3 Å².